The summed E-state index contributed by atoms with van der Waals surface area (Å²) in [5.74, 6) is 1.40. The number of aliphatic hydroxyl groups is 1. The molecule has 0 aliphatic heterocycles. The zero-order valence-electron chi connectivity index (χ0n) is 8.37. The summed E-state index contributed by atoms with van der Waals surface area (Å²) < 4.78 is 5.29. The van der Waals surface area contributed by atoms with Crippen LogP contribution in [0, 0.1) is 5.41 Å². The van der Waals surface area contributed by atoms with Gasteiger partial charge in [0.1, 0.15) is 18.1 Å². The van der Waals surface area contributed by atoms with Crippen LogP contribution in [0.1, 0.15) is 32.3 Å². The highest BCUT2D eigenvalue weighted by Gasteiger charge is 2.04. The van der Waals surface area contributed by atoms with Crippen LogP contribution in [0.25, 0.3) is 6.08 Å². The van der Waals surface area contributed by atoms with E-state index in [4.69, 9.17) is 9.52 Å². The zero-order chi connectivity index (χ0) is 9.90. The van der Waals surface area contributed by atoms with Gasteiger partial charge in [0, 0.05) is 0 Å². The highest BCUT2D eigenvalue weighted by molar-refractivity contribution is 5.43. The second-order valence-corrected chi connectivity index (χ2v) is 4.16. The summed E-state index contributed by atoms with van der Waals surface area (Å²) in [6, 6.07) is 3.64. The molecule has 0 aliphatic carbocycles. The summed E-state index contributed by atoms with van der Waals surface area (Å²) in [6.45, 7) is 6.33. The van der Waals surface area contributed by atoms with Gasteiger partial charge >= 0.3 is 0 Å². The van der Waals surface area contributed by atoms with Crippen molar-refractivity contribution in [3.63, 3.8) is 0 Å². The molecule has 0 atom stereocenters. The lowest BCUT2D eigenvalue weighted by molar-refractivity contribution is 0.246. The molecule has 0 bridgehead atoms. The van der Waals surface area contributed by atoms with Crippen molar-refractivity contribution in [1.82, 2.24) is 0 Å². The van der Waals surface area contributed by atoms with Crippen molar-refractivity contribution in [2.75, 3.05) is 0 Å². The minimum absolute atomic E-state index is 0.0383. The minimum Gasteiger partial charge on any atom is -0.459 e. The Hall–Kier alpha value is -1.02. The van der Waals surface area contributed by atoms with E-state index in [1.165, 1.54) is 0 Å². The predicted molar refractivity (Wildman–Crippen MR) is 53.1 cm³/mol. The maximum atomic E-state index is 8.76. The van der Waals surface area contributed by atoms with Gasteiger partial charge in [0.05, 0.1) is 0 Å². The molecule has 0 fully saturated rings. The maximum absolute atomic E-state index is 8.76. The Labute approximate surface area is 78.9 Å². The molecule has 0 aromatic carbocycles. The molecule has 0 unspecified atom stereocenters. The number of furan rings is 1. The largest absolute Gasteiger partial charge is 0.459 e. The lowest BCUT2D eigenvalue weighted by Crippen LogP contribution is -1.97. The number of aliphatic hydroxyl groups excluding tert-OH is 1. The lowest BCUT2D eigenvalue weighted by Gasteiger charge is -2.10. The Morgan fingerprint density at radius 1 is 1.38 bits per heavy atom. The fourth-order valence-corrected chi connectivity index (χ4v) is 0.901. The summed E-state index contributed by atoms with van der Waals surface area (Å²) in [4.78, 5) is 0. The molecular formula is C11H16O2. The Balaban J connectivity index is 2.69. The van der Waals surface area contributed by atoms with Gasteiger partial charge in [-0.1, -0.05) is 26.8 Å². The van der Waals surface area contributed by atoms with Gasteiger partial charge in [-0.3, -0.25) is 0 Å². The standard InChI is InChI=1S/C11H16O2/c1-11(2,3)7-6-9-4-5-10(8-12)13-9/h4-7,12H,8H2,1-3H3/b7-6+. The maximum Gasteiger partial charge on any atom is 0.130 e. The summed E-state index contributed by atoms with van der Waals surface area (Å²) in [6.07, 6.45) is 4.01. The van der Waals surface area contributed by atoms with Gasteiger partial charge in [-0.25, -0.2) is 0 Å². The molecule has 0 radical (unpaired) electrons. The molecule has 2 nitrogen and oxygen atoms in total. The molecule has 0 spiro atoms. The van der Waals surface area contributed by atoms with Crippen molar-refractivity contribution in [3.8, 4) is 0 Å². The number of allylic oxidation sites excluding steroid dienone is 1. The van der Waals surface area contributed by atoms with Crippen LogP contribution in [0.4, 0.5) is 0 Å². The van der Waals surface area contributed by atoms with Crippen LogP contribution in [0.2, 0.25) is 0 Å². The lowest BCUT2D eigenvalue weighted by atomic mass is 9.96. The summed E-state index contributed by atoms with van der Waals surface area (Å²) in [5.41, 5.74) is 0.159. The molecule has 0 saturated carbocycles. The number of rotatable bonds is 2. The normalized spacial score (nSPS) is 12.6. The number of hydrogen-bond acceptors (Lipinski definition) is 2. The van der Waals surface area contributed by atoms with E-state index in [1.54, 1.807) is 6.07 Å². The first-order chi connectivity index (χ1) is 6.01. The van der Waals surface area contributed by atoms with Gasteiger partial charge < -0.3 is 9.52 Å². The van der Waals surface area contributed by atoms with Crippen LogP contribution in [0.15, 0.2) is 22.6 Å². The van der Waals surface area contributed by atoms with Gasteiger partial charge in [-0.2, -0.15) is 0 Å². The third kappa shape index (κ3) is 3.47. The van der Waals surface area contributed by atoms with Crippen molar-refractivity contribution >= 4 is 6.08 Å². The smallest absolute Gasteiger partial charge is 0.130 e. The van der Waals surface area contributed by atoms with Crippen LogP contribution in [0.3, 0.4) is 0 Å². The molecule has 1 aromatic heterocycles. The van der Waals surface area contributed by atoms with E-state index < -0.39 is 0 Å². The van der Waals surface area contributed by atoms with Crippen molar-refractivity contribution in [3.05, 3.63) is 29.7 Å². The predicted octanol–water partition coefficient (Wildman–Crippen LogP) is 2.83. The molecule has 0 saturated heterocycles. The van der Waals surface area contributed by atoms with Crippen LogP contribution in [-0.2, 0) is 6.61 Å². The van der Waals surface area contributed by atoms with Crippen molar-refractivity contribution in [1.29, 1.82) is 0 Å². The van der Waals surface area contributed by atoms with Crippen LogP contribution >= 0.6 is 0 Å². The molecule has 72 valence electrons. The van der Waals surface area contributed by atoms with E-state index in [0.717, 1.165) is 5.76 Å². The Morgan fingerprint density at radius 2 is 2.08 bits per heavy atom. The van der Waals surface area contributed by atoms with E-state index in [0.29, 0.717) is 5.76 Å². The second-order valence-electron chi connectivity index (χ2n) is 4.16. The van der Waals surface area contributed by atoms with Crippen LogP contribution < -0.4 is 0 Å². The molecule has 1 rings (SSSR count). The van der Waals surface area contributed by atoms with Gasteiger partial charge in [-0.05, 0) is 23.6 Å². The molecule has 1 aromatic rings. The topological polar surface area (TPSA) is 33.4 Å². The molecule has 1 N–H and O–H groups in total. The first-order valence-electron chi connectivity index (χ1n) is 4.40. The van der Waals surface area contributed by atoms with E-state index in [2.05, 4.69) is 26.8 Å². The fraction of sp³-hybridized carbons (Fsp3) is 0.455. The molecular weight excluding hydrogens is 164 g/mol. The van der Waals surface area contributed by atoms with Gasteiger partial charge in [0.15, 0.2) is 0 Å². The first-order valence-corrected chi connectivity index (χ1v) is 4.40. The monoisotopic (exact) mass is 180 g/mol. The second kappa shape index (κ2) is 3.79. The average Bonchev–Trinajstić information content (AvgIpc) is 2.47. The fourth-order valence-electron chi connectivity index (χ4n) is 0.901. The van der Waals surface area contributed by atoms with E-state index >= 15 is 0 Å². The molecule has 2 heteroatoms. The summed E-state index contributed by atoms with van der Waals surface area (Å²) in [5, 5.41) is 8.76. The van der Waals surface area contributed by atoms with E-state index in [1.807, 2.05) is 12.1 Å². The third-order valence-corrected chi connectivity index (χ3v) is 1.59. The summed E-state index contributed by atoms with van der Waals surface area (Å²) in [7, 11) is 0. The first kappa shape index (κ1) is 10.1. The molecule has 13 heavy (non-hydrogen) atoms. The van der Waals surface area contributed by atoms with Crippen LogP contribution in [-0.4, -0.2) is 5.11 Å². The Morgan fingerprint density at radius 3 is 2.54 bits per heavy atom. The summed E-state index contributed by atoms with van der Waals surface area (Å²) >= 11 is 0. The average molecular weight is 180 g/mol. The Kier molecular flexibility index (Phi) is 2.94. The molecule has 1 heterocycles. The highest BCUT2D eigenvalue weighted by Crippen LogP contribution is 2.18. The molecule has 0 amide bonds. The van der Waals surface area contributed by atoms with E-state index in [-0.39, 0.29) is 12.0 Å². The van der Waals surface area contributed by atoms with Gasteiger partial charge in [0.2, 0.25) is 0 Å². The van der Waals surface area contributed by atoms with Gasteiger partial charge in [-0.15, -0.1) is 0 Å². The quantitative estimate of drug-likeness (QED) is 0.759. The zero-order valence-corrected chi connectivity index (χ0v) is 8.37. The third-order valence-electron chi connectivity index (χ3n) is 1.59. The minimum atomic E-state index is -0.0383. The van der Waals surface area contributed by atoms with Gasteiger partial charge in [0.25, 0.3) is 0 Å². The number of hydrogen-bond donors (Lipinski definition) is 1. The highest BCUT2D eigenvalue weighted by atomic mass is 16.4. The molecule has 0 aliphatic rings. The van der Waals surface area contributed by atoms with Crippen LogP contribution in [0.5, 0.6) is 0 Å². The van der Waals surface area contributed by atoms with E-state index in [9.17, 15) is 0 Å². The van der Waals surface area contributed by atoms with Crippen molar-refractivity contribution in [2.24, 2.45) is 5.41 Å². The van der Waals surface area contributed by atoms with Crippen molar-refractivity contribution in [2.45, 2.75) is 27.4 Å². The SMILES string of the molecule is CC(C)(C)/C=C/c1ccc(CO)o1. The Bertz CT molecular complexity index is 289. The van der Waals surface area contributed by atoms with Crippen molar-refractivity contribution < 1.29 is 9.52 Å².